The fourth-order valence-electron chi connectivity index (χ4n) is 1.90. The van der Waals surface area contributed by atoms with E-state index in [4.69, 9.17) is 16.1 Å². The highest BCUT2D eigenvalue weighted by Crippen LogP contribution is 2.25. The Morgan fingerprint density at radius 2 is 2.05 bits per heavy atom. The molecular weight excluding hydrogens is 316 g/mol. The summed E-state index contributed by atoms with van der Waals surface area (Å²) in [6, 6.07) is 1.62. The first-order valence-electron chi connectivity index (χ1n) is 6.28. The van der Waals surface area contributed by atoms with E-state index in [9.17, 15) is 8.78 Å². The molecule has 0 amide bonds. The SMILES string of the molecule is Cc1cc(-c2nc(C(F)F)cn2Cc2ncc(Cl)cn2)on1. The Kier molecular flexibility index (Phi) is 3.84. The van der Waals surface area contributed by atoms with Crippen molar-refractivity contribution in [2.24, 2.45) is 0 Å². The zero-order valence-corrected chi connectivity index (χ0v) is 12.1. The topological polar surface area (TPSA) is 69.6 Å². The van der Waals surface area contributed by atoms with Gasteiger partial charge in [0.15, 0.2) is 5.82 Å². The molecule has 9 heteroatoms. The predicted octanol–water partition coefficient (Wildman–Crippen LogP) is 3.28. The highest BCUT2D eigenvalue weighted by atomic mass is 35.5. The lowest BCUT2D eigenvalue weighted by Crippen LogP contribution is -2.04. The van der Waals surface area contributed by atoms with Crippen molar-refractivity contribution in [3.8, 4) is 11.6 Å². The zero-order chi connectivity index (χ0) is 15.7. The second-order valence-corrected chi connectivity index (χ2v) is 5.00. The third kappa shape index (κ3) is 2.96. The summed E-state index contributed by atoms with van der Waals surface area (Å²) < 4.78 is 32.4. The summed E-state index contributed by atoms with van der Waals surface area (Å²) in [5.41, 5.74) is 0.281. The van der Waals surface area contributed by atoms with Gasteiger partial charge in [0.05, 0.1) is 17.3 Å². The van der Waals surface area contributed by atoms with Crippen LogP contribution in [0.25, 0.3) is 11.6 Å². The fourth-order valence-corrected chi connectivity index (χ4v) is 2.00. The van der Waals surface area contributed by atoms with Crippen LogP contribution in [-0.2, 0) is 6.54 Å². The Hall–Kier alpha value is -2.35. The summed E-state index contributed by atoms with van der Waals surface area (Å²) >= 11 is 5.72. The van der Waals surface area contributed by atoms with Crippen LogP contribution >= 0.6 is 11.6 Å². The van der Waals surface area contributed by atoms with Crippen molar-refractivity contribution >= 4 is 11.6 Å². The van der Waals surface area contributed by atoms with Crippen molar-refractivity contribution in [3.05, 3.63) is 46.9 Å². The first-order valence-corrected chi connectivity index (χ1v) is 6.66. The lowest BCUT2D eigenvalue weighted by atomic mass is 10.3. The molecule has 0 fully saturated rings. The van der Waals surface area contributed by atoms with Crippen LogP contribution in [0, 0.1) is 6.92 Å². The van der Waals surface area contributed by atoms with Gasteiger partial charge in [0, 0.05) is 24.7 Å². The number of imidazole rings is 1. The summed E-state index contributed by atoms with van der Waals surface area (Å²) in [5.74, 6) is 0.966. The van der Waals surface area contributed by atoms with Crippen molar-refractivity contribution in [2.75, 3.05) is 0 Å². The van der Waals surface area contributed by atoms with E-state index in [1.54, 1.807) is 13.0 Å². The van der Waals surface area contributed by atoms with Gasteiger partial charge < -0.3 is 9.09 Å². The van der Waals surface area contributed by atoms with Gasteiger partial charge in [0.25, 0.3) is 6.43 Å². The van der Waals surface area contributed by atoms with Gasteiger partial charge in [-0.05, 0) is 6.92 Å². The monoisotopic (exact) mass is 325 g/mol. The van der Waals surface area contributed by atoms with Gasteiger partial charge in [-0.1, -0.05) is 16.8 Å². The van der Waals surface area contributed by atoms with Gasteiger partial charge in [0.1, 0.15) is 11.5 Å². The maximum atomic E-state index is 12.9. The smallest absolute Gasteiger partial charge is 0.281 e. The van der Waals surface area contributed by atoms with Crippen molar-refractivity contribution in [1.82, 2.24) is 24.7 Å². The van der Waals surface area contributed by atoms with Gasteiger partial charge in [-0.25, -0.2) is 23.7 Å². The van der Waals surface area contributed by atoms with Crippen molar-refractivity contribution < 1.29 is 13.3 Å². The number of rotatable bonds is 4. The molecule has 0 aliphatic rings. The Morgan fingerprint density at radius 1 is 1.32 bits per heavy atom. The Balaban J connectivity index is 1.99. The van der Waals surface area contributed by atoms with Gasteiger partial charge in [-0.15, -0.1) is 0 Å². The molecule has 3 rings (SSSR count). The molecule has 3 aromatic rings. The number of hydrogen-bond donors (Lipinski definition) is 0. The summed E-state index contributed by atoms with van der Waals surface area (Å²) in [6.45, 7) is 1.89. The third-order valence-corrected chi connectivity index (χ3v) is 3.05. The van der Waals surface area contributed by atoms with Crippen LogP contribution in [-0.4, -0.2) is 24.7 Å². The van der Waals surface area contributed by atoms with E-state index in [2.05, 4.69) is 20.1 Å². The lowest BCUT2D eigenvalue weighted by molar-refractivity contribution is 0.146. The number of aryl methyl sites for hydroxylation is 1. The summed E-state index contributed by atoms with van der Waals surface area (Å²) in [6.07, 6.45) is 1.44. The van der Waals surface area contributed by atoms with Gasteiger partial charge in [0.2, 0.25) is 5.76 Å². The van der Waals surface area contributed by atoms with Crippen LogP contribution in [0.4, 0.5) is 8.78 Å². The molecule has 6 nitrogen and oxygen atoms in total. The Bertz CT molecular complexity index is 784. The summed E-state index contributed by atoms with van der Waals surface area (Å²) in [7, 11) is 0. The molecule has 0 spiro atoms. The maximum absolute atomic E-state index is 12.9. The first kappa shape index (κ1) is 14.6. The third-order valence-electron chi connectivity index (χ3n) is 2.85. The van der Waals surface area contributed by atoms with E-state index in [0.29, 0.717) is 22.3 Å². The van der Waals surface area contributed by atoms with E-state index in [-0.39, 0.29) is 18.1 Å². The van der Waals surface area contributed by atoms with Gasteiger partial charge >= 0.3 is 0 Å². The Labute approximate surface area is 128 Å². The number of alkyl halides is 2. The number of halogens is 3. The minimum Gasteiger partial charge on any atom is -0.353 e. The molecule has 0 saturated heterocycles. The molecule has 0 saturated carbocycles. The summed E-state index contributed by atoms with van der Waals surface area (Å²) in [4.78, 5) is 12.0. The molecule has 114 valence electrons. The van der Waals surface area contributed by atoms with Crippen LogP contribution in [0.15, 0.2) is 29.2 Å². The predicted molar refractivity (Wildman–Crippen MR) is 73.6 cm³/mol. The van der Waals surface area contributed by atoms with Crippen LogP contribution in [0.2, 0.25) is 5.02 Å². The van der Waals surface area contributed by atoms with Gasteiger partial charge in [-0.2, -0.15) is 0 Å². The molecule has 3 aromatic heterocycles. The van der Waals surface area contributed by atoms with Crippen LogP contribution < -0.4 is 0 Å². The number of aromatic nitrogens is 5. The van der Waals surface area contributed by atoms with E-state index in [1.165, 1.54) is 23.2 Å². The molecule has 0 aliphatic carbocycles. The van der Waals surface area contributed by atoms with Crippen molar-refractivity contribution in [2.45, 2.75) is 19.9 Å². The van der Waals surface area contributed by atoms with E-state index in [0.717, 1.165) is 0 Å². The van der Waals surface area contributed by atoms with Crippen molar-refractivity contribution in [3.63, 3.8) is 0 Å². The molecule has 22 heavy (non-hydrogen) atoms. The first-order chi connectivity index (χ1) is 10.5. The molecule has 0 N–H and O–H groups in total. The van der Waals surface area contributed by atoms with E-state index >= 15 is 0 Å². The molecule has 0 aromatic carbocycles. The Morgan fingerprint density at radius 3 is 2.64 bits per heavy atom. The molecule has 0 radical (unpaired) electrons. The highest BCUT2D eigenvalue weighted by molar-refractivity contribution is 6.30. The van der Waals surface area contributed by atoms with Gasteiger partial charge in [-0.3, -0.25) is 0 Å². The highest BCUT2D eigenvalue weighted by Gasteiger charge is 2.19. The fraction of sp³-hybridized carbons (Fsp3) is 0.231. The van der Waals surface area contributed by atoms with Crippen LogP contribution in [0.5, 0.6) is 0 Å². The minimum absolute atomic E-state index is 0.159. The normalized spacial score (nSPS) is 11.3. The lowest BCUT2D eigenvalue weighted by Gasteiger charge is -2.04. The number of hydrogen-bond acceptors (Lipinski definition) is 5. The molecule has 0 aliphatic heterocycles. The summed E-state index contributed by atoms with van der Waals surface area (Å²) in [5, 5.41) is 4.14. The maximum Gasteiger partial charge on any atom is 0.281 e. The number of nitrogens with zero attached hydrogens (tertiary/aromatic N) is 5. The average molecular weight is 326 g/mol. The second-order valence-electron chi connectivity index (χ2n) is 4.57. The van der Waals surface area contributed by atoms with Crippen molar-refractivity contribution in [1.29, 1.82) is 0 Å². The largest absolute Gasteiger partial charge is 0.353 e. The quantitative estimate of drug-likeness (QED) is 0.736. The van der Waals surface area contributed by atoms with E-state index < -0.39 is 6.43 Å². The van der Waals surface area contributed by atoms with Crippen LogP contribution in [0.3, 0.4) is 0 Å². The standard InChI is InChI=1S/C13H10ClF2N5O/c1-7-2-10(22-20-7)13-19-9(12(15)16)5-21(13)6-11-17-3-8(14)4-18-11/h2-5,12H,6H2,1H3. The molecule has 3 heterocycles. The molecule has 0 bridgehead atoms. The molecule has 0 atom stereocenters. The second kappa shape index (κ2) is 5.80. The van der Waals surface area contributed by atoms with E-state index in [1.807, 2.05) is 0 Å². The molecular formula is C13H10ClF2N5O. The molecule has 0 unspecified atom stereocenters. The minimum atomic E-state index is -2.69. The van der Waals surface area contributed by atoms with Crippen LogP contribution in [0.1, 0.15) is 23.6 Å². The average Bonchev–Trinajstić information content (AvgIpc) is 3.08. The zero-order valence-electron chi connectivity index (χ0n) is 11.4.